The molecule has 2 fully saturated rings. The first kappa shape index (κ1) is 15.2. The third kappa shape index (κ3) is 5.78. The van der Waals surface area contributed by atoms with Gasteiger partial charge in [-0.15, -0.1) is 0 Å². The van der Waals surface area contributed by atoms with Gasteiger partial charge in [-0.1, -0.05) is 0 Å². The fourth-order valence-electron chi connectivity index (χ4n) is 3.32. The molecule has 0 amide bonds. The molecular formula is C15H32N4. The molecule has 0 atom stereocenters. The Labute approximate surface area is 119 Å². The van der Waals surface area contributed by atoms with Crippen LogP contribution in [-0.2, 0) is 0 Å². The lowest BCUT2D eigenvalue weighted by atomic mass is 9.96. The van der Waals surface area contributed by atoms with Gasteiger partial charge in [0.05, 0.1) is 0 Å². The zero-order valence-corrected chi connectivity index (χ0v) is 12.9. The third-order valence-electron chi connectivity index (χ3n) is 4.50. The molecule has 0 unspecified atom stereocenters. The van der Waals surface area contributed by atoms with Crippen LogP contribution in [-0.4, -0.2) is 87.7 Å². The highest BCUT2D eigenvalue weighted by atomic mass is 15.2. The van der Waals surface area contributed by atoms with Gasteiger partial charge in [-0.25, -0.2) is 0 Å². The zero-order valence-electron chi connectivity index (χ0n) is 12.9. The second-order valence-corrected chi connectivity index (χ2v) is 6.49. The van der Waals surface area contributed by atoms with Gasteiger partial charge in [-0.2, -0.15) is 0 Å². The van der Waals surface area contributed by atoms with Crippen LogP contribution in [0.15, 0.2) is 0 Å². The van der Waals surface area contributed by atoms with Gasteiger partial charge in [-0.3, -0.25) is 0 Å². The molecule has 112 valence electrons. The summed E-state index contributed by atoms with van der Waals surface area (Å²) in [4.78, 5) is 7.64. The van der Waals surface area contributed by atoms with Crippen LogP contribution in [0.4, 0.5) is 0 Å². The summed E-state index contributed by atoms with van der Waals surface area (Å²) in [6, 6.07) is 0. The molecular weight excluding hydrogens is 236 g/mol. The maximum atomic E-state index is 3.48. The minimum atomic E-state index is 0.925. The molecule has 0 aromatic heterocycles. The van der Waals surface area contributed by atoms with Crippen LogP contribution < -0.4 is 5.32 Å². The molecule has 2 aliphatic rings. The maximum Gasteiger partial charge on any atom is 0.0110 e. The fourth-order valence-corrected chi connectivity index (χ4v) is 3.32. The van der Waals surface area contributed by atoms with Crippen molar-refractivity contribution in [1.82, 2.24) is 20.0 Å². The molecule has 4 heteroatoms. The van der Waals surface area contributed by atoms with Crippen LogP contribution in [0.2, 0.25) is 0 Å². The normalized spacial score (nSPS) is 24.8. The summed E-state index contributed by atoms with van der Waals surface area (Å²) < 4.78 is 0. The van der Waals surface area contributed by atoms with Gasteiger partial charge in [0.25, 0.3) is 0 Å². The molecule has 0 aromatic carbocycles. The van der Waals surface area contributed by atoms with E-state index in [1.165, 1.54) is 78.2 Å². The Kier molecular flexibility index (Phi) is 6.57. The highest BCUT2D eigenvalue weighted by Gasteiger charge is 2.20. The first-order valence-corrected chi connectivity index (χ1v) is 8.04. The van der Waals surface area contributed by atoms with Crippen molar-refractivity contribution in [3.05, 3.63) is 0 Å². The predicted octanol–water partition coefficient (Wildman–Crippen LogP) is 0.555. The lowest BCUT2D eigenvalue weighted by molar-refractivity contribution is 0.144. The number of piperidine rings is 1. The van der Waals surface area contributed by atoms with Crippen molar-refractivity contribution >= 4 is 0 Å². The van der Waals surface area contributed by atoms with Gasteiger partial charge in [0, 0.05) is 32.7 Å². The van der Waals surface area contributed by atoms with Gasteiger partial charge in [0.2, 0.25) is 0 Å². The molecule has 2 heterocycles. The second-order valence-electron chi connectivity index (χ2n) is 6.49. The Morgan fingerprint density at radius 2 is 1.63 bits per heavy atom. The Balaban J connectivity index is 1.59. The summed E-state index contributed by atoms with van der Waals surface area (Å²) >= 11 is 0. The number of likely N-dealkylation sites (tertiary alicyclic amines) is 1. The average molecular weight is 268 g/mol. The van der Waals surface area contributed by atoms with Crippen LogP contribution >= 0.6 is 0 Å². The summed E-state index contributed by atoms with van der Waals surface area (Å²) in [5, 5.41) is 3.48. The molecule has 0 bridgehead atoms. The Morgan fingerprint density at radius 1 is 0.947 bits per heavy atom. The largest absolute Gasteiger partial charge is 0.315 e. The lowest BCUT2D eigenvalue weighted by Gasteiger charge is -2.34. The highest BCUT2D eigenvalue weighted by Crippen LogP contribution is 2.17. The van der Waals surface area contributed by atoms with E-state index < -0.39 is 0 Å². The smallest absolute Gasteiger partial charge is 0.0110 e. The van der Waals surface area contributed by atoms with Crippen molar-refractivity contribution in [2.24, 2.45) is 5.92 Å². The molecule has 2 rings (SSSR count). The van der Waals surface area contributed by atoms with Crippen molar-refractivity contribution in [3.8, 4) is 0 Å². The maximum absolute atomic E-state index is 3.48. The summed E-state index contributed by atoms with van der Waals surface area (Å²) in [5.74, 6) is 0.925. The number of hydrogen-bond acceptors (Lipinski definition) is 4. The third-order valence-corrected chi connectivity index (χ3v) is 4.50. The summed E-state index contributed by atoms with van der Waals surface area (Å²) in [5.41, 5.74) is 0. The quantitative estimate of drug-likeness (QED) is 0.786. The van der Waals surface area contributed by atoms with Crippen molar-refractivity contribution in [3.63, 3.8) is 0 Å². The topological polar surface area (TPSA) is 21.8 Å². The SMILES string of the molecule is CN(C)CC1CCN(CCN2CCCNCC2)CC1. The molecule has 0 aromatic rings. The standard InChI is InChI=1S/C15H32N4/c1-17(2)14-15-4-9-19(10-5-15)13-12-18-8-3-6-16-7-11-18/h15-16H,3-14H2,1-2H3. The summed E-state index contributed by atoms with van der Waals surface area (Å²) in [6.45, 7) is 11.3. The molecule has 0 spiro atoms. The van der Waals surface area contributed by atoms with E-state index in [-0.39, 0.29) is 0 Å². The van der Waals surface area contributed by atoms with Crippen molar-refractivity contribution in [1.29, 1.82) is 0 Å². The van der Waals surface area contributed by atoms with E-state index in [4.69, 9.17) is 0 Å². The molecule has 0 aliphatic carbocycles. The first-order valence-electron chi connectivity index (χ1n) is 8.04. The van der Waals surface area contributed by atoms with Gasteiger partial charge < -0.3 is 20.0 Å². The van der Waals surface area contributed by atoms with Crippen LogP contribution in [0.1, 0.15) is 19.3 Å². The van der Waals surface area contributed by atoms with E-state index in [0.29, 0.717) is 0 Å². The van der Waals surface area contributed by atoms with Crippen molar-refractivity contribution in [2.75, 3.05) is 73.0 Å². The Bertz CT molecular complexity index is 228. The van der Waals surface area contributed by atoms with E-state index in [2.05, 4.69) is 34.1 Å². The van der Waals surface area contributed by atoms with Gasteiger partial charge >= 0.3 is 0 Å². The van der Waals surface area contributed by atoms with E-state index in [1.54, 1.807) is 0 Å². The van der Waals surface area contributed by atoms with Crippen molar-refractivity contribution < 1.29 is 0 Å². The van der Waals surface area contributed by atoms with Gasteiger partial charge in [0.1, 0.15) is 0 Å². The number of nitrogens with zero attached hydrogens (tertiary/aromatic N) is 3. The van der Waals surface area contributed by atoms with E-state index in [1.807, 2.05) is 0 Å². The molecule has 2 saturated heterocycles. The van der Waals surface area contributed by atoms with Gasteiger partial charge in [-0.05, 0) is 65.5 Å². The summed E-state index contributed by atoms with van der Waals surface area (Å²) in [6.07, 6.45) is 4.09. The van der Waals surface area contributed by atoms with Crippen LogP contribution in [0, 0.1) is 5.92 Å². The van der Waals surface area contributed by atoms with E-state index >= 15 is 0 Å². The lowest BCUT2D eigenvalue weighted by Crippen LogP contribution is -2.42. The Hall–Kier alpha value is -0.160. The van der Waals surface area contributed by atoms with E-state index in [0.717, 1.165) is 5.92 Å². The molecule has 1 N–H and O–H groups in total. The van der Waals surface area contributed by atoms with E-state index in [9.17, 15) is 0 Å². The molecule has 0 radical (unpaired) electrons. The highest BCUT2D eigenvalue weighted by molar-refractivity contribution is 4.75. The molecule has 19 heavy (non-hydrogen) atoms. The van der Waals surface area contributed by atoms with Gasteiger partial charge in [0.15, 0.2) is 0 Å². The Morgan fingerprint density at radius 3 is 2.32 bits per heavy atom. The number of hydrogen-bond donors (Lipinski definition) is 1. The minimum Gasteiger partial charge on any atom is -0.315 e. The molecule has 0 saturated carbocycles. The van der Waals surface area contributed by atoms with Crippen LogP contribution in [0.25, 0.3) is 0 Å². The predicted molar refractivity (Wildman–Crippen MR) is 81.6 cm³/mol. The number of rotatable bonds is 5. The monoisotopic (exact) mass is 268 g/mol. The average Bonchev–Trinajstić information content (AvgIpc) is 2.66. The summed E-state index contributed by atoms with van der Waals surface area (Å²) in [7, 11) is 4.39. The van der Waals surface area contributed by atoms with Crippen molar-refractivity contribution in [2.45, 2.75) is 19.3 Å². The first-order chi connectivity index (χ1) is 9.24. The minimum absolute atomic E-state index is 0.925. The molecule has 2 aliphatic heterocycles. The number of nitrogens with one attached hydrogen (secondary N) is 1. The molecule has 4 nitrogen and oxygen atoms in total. The zero-order chi connectivity index (χ0) is 13.5. The second kappa shape index (κ2) is 8.20. The van der Waals surface area contributed by atoms with Crippen LogP contribution in [0.3, 0.4) is 0 Å². The van der Waals surface area contributed by atoms with Crippen LogP contribution in [0.5, 0.6) is 0 Å². The fraction of sp³-hybridized carbons (Fsp3) is 1.00.